The minimum Gasteiger partial charge on any atom is -0.481 e. The van der Waals surface area contributed by atoms with Gasteiger partial charge in [0.1, 0.15) is 5.75 Å². The average molecular weight is 345 g/mol. The van der Waals surface area contributed by atoms with Crippen LogP contribution in [-0.4, -0.2) is 35.3 Å². The van der Waals surface area contributed by atoms with E-state index >= 15 is 0 Å². The van der Waals surface area contributed by atoms with Crippen molar-refractivity contribution in [2.45, 2.75) is 38.6 Å². The van der Waals surface area contributed by atoms with Crippen LogP contribution in [-0.2, 0) is 16.1 Å². The van der Waals surface area contributed by atoms with Crippen molar-refractivity contribution in [2.24, 2.45) is 5.41 Å². The Labute approximate surface area is 137 Å². The number of carboxylic acid groups (broad SMARTS) is 1. The van der Waals surface area contributed by atoms with Crippen molar-refractivity contribution in [3.8, 4) is 5.75 Å². The maximum atomic E-state index is 12.2. The molecule has 1 N–H and O–H groups in total. The van der Waals surface area contributed by atoms with E-state index in [1.807, 2.05) is 0 Å². The van der Waals surface area contributed by atoms with E-state index in [1.54, 1.807) is 6.07 Å². The molecule has 0 heterocycles. The second kappa shape index (κ2) is 6.70. The van der Waals surface area contributed by atoms with Crippen LogP contribution in [0.25, 0.3) is 0 Å². The lowest BCUT2D eigenvalue weighted by Gasteiger charge is -2.38. The van der Waals surface area contributed by atoms with Gasteiger partial charge in [-0.25, -0.2) is 0 Å². The third-order valence-corrected chi connectivity index (χ3v) is 4.23. The van der Waals surface area contributed by atoms with Gasteiger partial charge in [0.15, 0.2) is 0 Å². The van der Waals surface area contributed by atoms with Crippen molar-refractivity contribution in [2.75, 3.05) is 7.05 Å². The number of hydrogen-bond acceptors (Lipinski definition) is 3. The third kappa shape index (κ3) is 4.39. The molecule has 0 saturated heterocycles. The molecule has 1 amide bonds. The van der Waals surface area contributed by atoms with Gasteiger partial charge in [-0.1, -0.05) is 18.6 Å². The van der Waals surface area contributed by atoms with Gasteiger partial charge in [0.25, 0.3) is 0 Å². The molecule has 1 aromatic rings. The maximum Gasteiger partial charge on any atom is 0.573 e. The van der Waals surface area contributed by atoms with E-state index in [0.717, 1.165) is 6.42 Å². The molecule has 132 valence electrons. The summed E-state index contributed by atoms with van der Waals surface area (Å²) in [6.07, 6.45) is -3.16. The van der Waals surface area contributed by atoms with Gasteiger partial charge in [-0.2, -0.15) is 0 Å². The molecule has 0 aromatic heterocycles. The molecule has 0 spiro atoms. The molecule has 0 aliphatic heterocycles. The van der Waals surface area contributed by atoms with E-state index in [-0.39, 0.29) is 24.6 Å². The van der Waals surface area contributed by atoms with E-state index in [0.29, 0.717) is 18.4 Å². The zero-order valence-corrected chi connectivity index (χ0v) is 13.1. The molecule has 0 unspecified atom stereocenters. The lowest BCUT2D eigenvalue weighted by atomic mass is 9.66. The van der Waals surface area contributed by atoms with Gasteiger partial charge >= 0.3 is 12.3 Å². The highest BCUT2D eigenvalue weighted by Gasteiger charge is 2.46. The van der Waals surface area contributed by atoms with Crippen LogP contribution in [0.3, 0.4) is 0 Å². The van der Waals surface area contributed by atoms with Crippen LogP contribution in [0, 0.1) is 5.41 Å². The topological polar surface area (TPSA) is 66.8 Å². The maximum absolute atomic E-state index is 12.2. The summed E-state index contributed by atoms with van der Waals surface area (Å²) < 4.78 is 40.5. The predicted molar refractivity (Wildman–Crippen MR) is 78.1 cm³/mol. The molecule has 1 aliphatic carbocycles. The van der Waals surface area contributed by atoms with Gasteiger partial charge in [0.05, 0.1) is 5.41 Å². The Morgan fingerprint density at radius 2 is 2.00 bits per heavy atom. The van der Waals surface area contributed by atoms with E-state index in [4.69, 9.17) is 0 Å². The average Bonchev–Trinajstić information content (AvgIpc) is 2.40. The summed E-state index contributed by atoms with van der Waals surface area (Å²) in [4.78, 5) is 24.8. The van der Waals surface area contributed by atoms with Crippen molar-refractivity contribution in [1.82, 2.24) is 4.90 Å². The molecular formula is C16H18F3NO4. The second-order valence-electron chi connectivity index (χ2n) is 6.06. The normalized spacial score (nSPS) is 16.2. The van der Waals surface area contributed by atoms with Crippen LogP contribution in [0.5, 0.6) is 5.75 Å². The van der Waals surface area contributed by atoms with E-state index in [1.165, 1.54) is 30.1 Å². The number of halogens is 3. The minimum atomic E-state index is -4.78. The number of carboxylic acids is 1. The number of rotatable bonds is 6. The first-order valence-corrected chi connectivity index (χ1v) is 7.43. The summed E-state index contributed by atoms with van der Waals surface area (Å²) in [5.41, 5.74) is -0.530. The van der Waals surface area contributed by atoms with Crippen LogP contribution in [0.4, 0.5) is 13.2 Å². The van der Waals surface area contributed by atoms with E-state index in [9.17, 15) is 27.9 Å². The number of carbonyl (C=O) groups is 2. The Kier molecular flexibility index (Phi) is 5.05. The van der Waals surface area contributed by atoms with Gasteiger partial charge in [-0.05, 0) is 30.5 Å². The summed E-state index contributed by atoms with van der Waals surface area (Å²) in [5, 5.41) is 9.25. The van der Waals surface area contributed by atoms with Gasteiger partial charge in [-0.15, -0.1) is 13.2 Å². The van der Waals surface area contributed by atoms with Crippen molar-refractivity contribution < 1.29 is 32.6 Å². The Bertz CT molecular complexity index is 626. The van der Waals surface area contributed by atoms with Crippen molar-refractivity contribution in [3.05, 3.63) is 29.8 Å². The summed E-state index contributed by atoms with van der Waals surface area (Å²) >= 11 is 0. The van der Waals surface area contributed by atoms with E-state index < -0.39 is 17.7 Å². The van der Waals surface area contributed by atoms with Crippen LogP contribution < -0.4 is 4.74 Å². The highest BCUT2D eigenvalue weighted by atomic mass is 19.4. The largest absolute Gasteiger partial charge is 0.573 e. The van der Waals surface area contributed by atoms with Crippen molar-refractivity contribution >= 4 is 11.9 Å². The number of alkyl halides is 3. The third-order valence-electron chi connectivity index (χ3n) is 4.23. The highest BCUT2D eigenvalue weighted by molar-refractivity contribution is 5.85. The minimum absolute atomic E-state index is 0.0730. The van der Waals surface area contributed by atoms with Crippen LogP contribution in [0.15, 0.2) is 24.3 Å². The number of carbonyl (C=O) groups excluding carboxylic acids is 1. The number of benzene rings is 1. The van der Waals surface area contributed by atoms with Gasteiger partial charge in [0.2, 0.25) is 5.91 Å². The molecule has 1 saturated carbocycles. The molecule has 1 aromatic carbocycles. The molecule has 2 rings (SSSR count). The first-order valence-electron chi connectivity index (χ1n) is 7.43. The Morgan fingerprint density at radius 1 is 1.33 bits per heavy atom. The van der Waals surface area contributed by atoms with Crippen LogP contribution in [0.2, 0.25) is 0 Å². The number of amides is 1. The molecule has 5 nitrogen and oxygen atoms in total. The summed E-state index contributed by atoms with van der Waals surface area (Å²) in [6.45, 7) is 0.0730. The smallest absolute Gasteiger partial charge is 0.481 e. The highest BCUT2D eigenvalue weighted by Crippen LogP contribution is 2.44. The van der Waals surface area contributed by atoms with Crippen molar-refractivity contribution in [1.29, 1.82) is 0 Å². The van der Waals surface area contributed by atoms with Crippen molar-refractivity contribution in [3.63, 3.8) is 0 Å². The fourth-order valence-corrected chi connectivity index (χ4v) is 2.70. The Hall–Kier alpha value is -2.25. The number of hydrogen-bond donors (Lipinski definition) is 1. The fraction of sp³-hybridized carbons (Fsp3) is 0.500. The van der Waals surface area contributed by atoms with E-state index in [2.05, 4.69) is 4.74 Å². The fourth-order valence-electron chi connectivity index (χ4n) is 2.70. The first-order chi connectivity index (χ1) is 11.1. The van der Waals surface area contributed by atoms with Gasteiger partial charge in [0, 0.05) is 20.0 Å². The molecular weight excluding hydrogens is 327 g/mol. The predicted octanol–water partition coefficient (Wildman–Crippen LogP) is 3.19. The Morgan fingerprint density at radius 3 is 2.50 bits per heavy atom. The number of aliphatic carboxylic acids is 1. The molecule has 8 heteroatoms. The molecule has 0 bridgehead atoms. The second-order valence-corrected chi connectivity index (χ2v) is 6.06. The number of ether oxygens (including phenoxy) is 1. The molecule has 24 heavy (non-hydrogen) atoms. The first kappa shape index (κ1) is 18.1. The number of nitrogens with zero attached hydrogens (tertiary/aromatic N) is 1. The summed E-state index contributed by atoms with van der Waals surface area (Å²) in [6, 6.07) is 5.35. The van der Waals surface area contributed by atoms with Crippen LogP contribution >= 0.6 is 0 Å². The molecule has 0 atom stereocenters. The molecule has 0 radical (unpaired) electrons. The standard InChI is InChI=1S/C16H18F3NO4/c1-20(13(21)9-15(14(22)23)6-3-7-15)10-11-4-2-5-12(8-11)24-16(17,18)19/h2,4-5,8H,3,6-7,9-10H2,1H3,(H,22,23). The quantitative estimate of drug-likeness (QED) is 0.860. The van der Waals surface area contributed by atoms with Gasteiger partial charge in [-0.3, -0.25) is 9.59 Å². The molecule has 1 fully saturated rings. The lowest BCUT2D eigenvalue weighted by Crippen LogP contribution is -2.42. The lowest BCUT2D eigenvalue weighted by molar-refractivity contribution is -0.274. The zero-order chi connectivity index (χ0) is 18.0. The summed E-state index contributed by atoms with van der Waals surface area (Å²) in [5.74, 6) is -1.68. The van der Waals surface area contributed by atoms with Crippen LogP contribution in [0.1, 0.15) is 31.2 Å². The zero-order valence-electron chi connectivity index (χ0n) is 13.1. The monoisotopic (exact) mass is 345 g/mol. The molecule has 1 aliphatic rings. The SMILES string of the molecule is CN(Cc1cccc(OC(F)(F)F)c1)C(=O)CC1(C(=O)O)CCC1. The van der Waals surface area contributed by atoms with Gasteiger partial charge < -0.3 is 14.7 Å². The Balaban J connectivity index is 1.99. The summed E-state index contributed by atoms with van der Waals surface area (Å²) in [7, 11) is 1.49.